The van der Waals surface area contributed by atoms with E-state index in [9.17, 15) is 9.59 Å². The van der Waals surface area contributed by atoms with Crippen LogP contribution in [0.15, 0.2) is 30.3 Å². The van der Waals surface area contributed by atoms with Gasteiger partial charge in [-0.2, -0.15) is 0 Å². The van der Waals surface area contributed by atoms with Gasteiger partial charge in [-0.15, -0.1) is 0 Å². The minimum atomic E-state index is -0.472. The van der Waals surface area contributed by atoms with Crippen molar-refractivity contribution in [3.05, 3.63) is 35.9 Å². The first-order chi connectivity index (χ1) is 10.6. The molecule has 1 rings (SSSR count). The number of Topliss-reactive ketones (excluding diaryl/α,β-unsaturated/α-hetero) is 1. The summed E-state index contributed by atoms with van der Waals surface area (Å²) < 4.78 is 10.1. The van der Waals surface area contributed by atoms with Gasteiger partial charge in [-0.3, -0.25) is 9.59 Å². The number of carbonyl (C=O) groups is 2. The van der Waals surface area contributed by atoms with Gasteiger partial charge in [-0.05, 0) is 20.8 Å². The van der Waals surface area contributed by atoms with Crippen molar-refractivity contribution in [1.82, 2.24) is 0 Å². The highest BCUT2D eigenvalue weighted by Gasteiger charge is 1.99. The average molecular weight is 310 g/mol. The molecule has 0 aliphatic rings. The number of ketones is 1. The van der Waals surface area contributed by atoms with Gasteiger partial charge in [0, 0.05) is 18.8 Å². The predicted octanol–water partition coefficient (Wildman–Crippen LogP) is 4.28. The van der Waals surface area contributed by atoms with Gasteiger partial charge in [0.2, 0.25) is 5.78 Å². The largest absolute Gasteiger partial charge is 0.353 e. The summed E-state index contributed by atoms with van der Waals surface area (Å²) in [6, 6.07) is 8.45. The molecule has 0 saturated carbocycles. The van der Waals surface area contributed by atoms with Crippen LogP contribution in [0.4, 0.5) is 0 Å². The zero-order chi connectivity index (χ0) is 17.2. The summed E-state index contributed by atoms with van der Waals surface area (Å²) >= 11 is 0. The van der Waals surface area contributed by atoms with Crippen molar-refractivity contribution in [2.75, 3.05) is 13.2 Å². The molecular formula is C18H30O4. The molecule has 0 atom stereocenters. The van der Waals surface area contributed by atoms with Gasteiger partial charge in [-0.25, -0.2) is 0 Å². The van der Waals surface area contributed by atoms with Gasteiger partial charge in [0.1, 0.15) is 0 Å². The number of ether oxygens (including phenoxy) is 2. The van der Waals surface area contributed by atoms with Gasteiger partial charge in [0.25, 0.3) is 0 Å². The molecule has 0 aliphatic carbocycles. The molecule has 1 aromatic rings. The predicted molar refractivity (Wildman–Crippen MR) is 90.1 cm³/mol. The van der Waals surface area contributed by atoms with E-state index in [4.69, 9.17) is 9.47 Å². The second-order valence-corrected chi connectivity index (χ2v) is 4.33. The summed E-state index contributed by atoms with van der Waals surface area (Å²) in [6.07, 6.45) is 2.92. The Kier molecular flexibility index (Phi) is 18.1. The minimum Gasteiger partial charge on any atom is -0.353 e. The van der Waals surface area contributed by atoms with Gasteiger partial charge in [-0.1, -0.05) is 57.0 Å². The maximum Gasteiger partial charge on any atom is 0.225 e. The zero-order valence-corrected chi connectivity index (χ0v) is 14.5. The van der Waals surface area contributed by atoms with Crippen LogP contribution in [0.5, 0.6) is 0 Å². The second-order valence-electron chi connectivity index (χ2n) is 4.33. The second kappa shape index (κ2) is 17.5. The molecule has 0 aromatic heterocycles. The summed E-state index contributed by atoms with van der Waals surface area (Å²) in [5.74, 6) is -0.472. The van der Waals surface area contributed by atoms with Crippen molar-refractivity contribution >= 4 is 12.1 Å². The van der Waals surface area contributed by atoms with E-state index in [1.165, 1.54) is 12.8 Å². The monoisotopic (exact) mass is 310 g/mol. The summed E-state index contributed by atoms with van der Waals surface area (Å²) in [7, 11) is 0. The lowest BCUT2D eigenvalue weighted by atomic mass is 10.1. The maximum absolute atomic E-state index is 10.6. The summed E-state index contributed by atoms with van der Waals surface area (Å²) in [6.45, 7) is 11.6. The fraction of sp³-hybridized carbons (Fsp3) is 0.556. The summed E-state index contributed by atoms with van der Waals surface area (Å²) in [5.41, 5.74) is 0.442. The van der Waals surface area contributed by atoms with E-state index >= 15 is 0 Å². The number of hydrogen-bond donors (Lipinski definition) is 0. The van der Waals surface area contributed by atoms with E-state index in [1.54, 1.807) is 30.3 Å². The molecular weight excluding hydrogens is 280 g/mol. The Labute approximate surface area is 134 Å². The average Bonchev–Trinajstić information content (AvgIpc) is 2.56. The molecule has 0 unspecified atom stereocenters. The van der Waals surface area contributed by atoms with Gasteiger partial charge >= 0.3 is 0 Å². The number of unbranched alkanes of at least 4 members (excludes halogenated alkanes) is 1. The zero-order valence-electron chi connectivity index (χ0n) is 14.5. The third-order valence-electron chi connectivity index (χ3n) is 2.47. The van der Waals surface area contributed by atoms with E-state index < -0.39 is 5.78 Å². The Morgan fingerprint density at radius 3 is 1.77 bits per heavy atom. The third-order valence-corrected chi connectivity index (χ3v) is 2.47. The first-order valence-corrected chi connectivity index (χ1v) is 7.84. The molecule has 0 amide bonds. The highest BCUT2D eigenvalue weighted by Crippen LogP contribution is 1.96. The van der Waals surface area contributed by atoms with E-state index in [0.717, 1.165) is 13.2 Å². The third kappa shape index (κ3) is 14.9. The lowest BCUT2D eigenvalue weighted by Crippen LogP contribution is -2.11. The normalized spacial score (nSPS) is 9.18. The fourth-order valence-corrected chi connectivity index (χ4v) is 1.19. The first-order valence-electron chi connectivity index (χ1n) is 7.84. The summed E-state index contributed by atoms with van der Waals surface area (Å²) in [5, 5.41) is 0. The number of carbonyl (C=O) groups excluding carboxylic acids is 2. The molecule has 4 heteroatoms. The van der Waals surface area contributed by atoms with Gasteiger partial charge in [0.15, 0.2) is 12.6 Å². The lowest BCUT2D eigenvalue weighted by Gasteiger charge is -2.09. The number of benzene rings is 1. The van der Waals surface area contributed by atoms with E-state index in [-0.39, 0.29) is 6.29 Å². The Bertz CT molecular complexity index is 355. The van der Waals surface area contributed by atoms with Crippen LogP contribution in [-0.2, 0) is 14.3 Å². The van der Waals surface area contributed by atoms with Crippen LogP contribution >= 0.6 is 0 Å². The van der Waals surface area contributed by atoms with Crippen molar-refractivity contribution in [1.29, 1.82) is 0 Å². The Morgan fingerprint density at radius 1 is 1.00 bits per heavy atom. The van der Waals surface area contributed by atoms with Crippen LogP contribution in [0.3, 0.4) is 0 Å². The topological polar surface area (TPSA) is 52.6 Å². The van der Waals surface area contributed by atoms with Crippen LogP contribution in [-0.4, -0.2) is 31.6 Å². The molecule has 126 valence electrons. The van der Waals surface area contributed by atoms with Crippen LogP contribution < -0.4 is 0 Å². The van der Waals surface area contributed by atoms with E-state index in [2.05, 4.69) is 13.8 Å². The maximum atomic E-state index is 10.6. The Hall–Kier alpha value is -1.52. The lowest BCUT2D eigenvalue weighted by molar-refractivity contribution is -0.123. The van der Waals surface area contributed by atoms with Crippen LogP contribution in [0.2, 0.25) is 0 Å². The van der Waals surface area contributed by atoms with Crippen LogP contribution in [0, 0.1) is 0 Å². The standard InChI is InChI=1S/C8H6O2.C6H14O2.C4H10/c9-6-8(10)7-4-2-1-3-5-7;1-4-7-6(3)8-5-2;1-3-4-2/h1-6H;6H,4-5H2,1-3H3;3-4H2,1-2H3. The van der Waals surface area contributed by atoms with Crippen molar-refractivity contribution in [3.63, 3.8) is 0 Å². The molecule has 4 nitrogen and oxygen atoms in total. The van der Waals surface area contributed by atoms with Crippen molar-refractivity contribution in [2.24, 2.45) is 0 Å². The highest BCUT2D eigenvalue weighted by molar-refractivity contribution is 6.33. The molecule has 0 heterocycles. The van der Waals surface area contributed by atoms with E-state index in [1.807, 2.05) is 20.8 Å². The van der Waals surface area contributed by atoms with Crippen molar-refractivity contribution < 1.29 is 19.1 Å². The molecule has 0 fully saturated rings. The molecule has 0 bridgehead atoms. The molecule has 0 aliphatic heterocycles. The van der Waals surface area contributed by atoms with Crippen molar-refractivity contribution in [2.45, 2.75) is 53.8 Å². The first kappa shape index (κ1) is 22.8. The smallest absolute Gasteiger partial charge is 0.225 e. The highest BCUT2D eigenvalue weighted by atomic mass is 16.7. The minimum absolute atomic E-state index is 0.0370. The Morgan fingerprint density at radius 2 is 1.45 bits per heavy atom. The molecule has 0 radical (unpaired) electrons. The van der Waals surface area contributed by atoms with Gasteiger partial charge in [0.05, 0.1) is 0 Å². The molecule has 1 aromatic carbocycles. The molecule has 0 saturated heterocycles. The molecule has 0 N–H and O–H groups in total. The Balaban J connectivity index is 0. The van der Waals surface area contributed by atoms with E-state index in [0.29, 0.717) is 11.8 Å². The summed E-state index contributed by atoms with van der Waals surface area (Å²) in [4.78, 5) is 20.6. The fourth-order valence-electron chi connectivity index (χ4n) is 1.19. The number of rotatable bonds is 7. The van der Waals surface area contributed by atoms with Crippen molar-refractivity contribution in [3.8, 4) is 0 Å². The van der Waals surface area contributed by atoms with Gasteiger partial charge < -0.3 is 9.47 Å². The quantitative estimate of drug-likeness (QED) is 0.326. The number of hydrogen-bond acceptors (Lipinski definition) is 4. The molecule has 0 spiro atoms. The van der Waals surface area contributed by atoms with Crippen LogP contribution in [0.25, 0.3) is 0 Å². The number of aldehydes is 1. The molecule has 22 heavy (non-hydrogen) atoms. The SMILES string of the molecule is CCCC.CCOC(C)OCC.O=CC(=O)c1ccccc1. The van der Waals surface area contributed by atoms with Crippen LogP contribution in [0.1, 0.15) is 57.8 Å².